The number of hydrogen-bond donors (Lipinski definition) is 0. The van der Waals surface area contributed by atoms with E-state index in [4.69, 9.17) is 4.42 Å². The van der Waals surface area contributed by atoms with Crippen LogP contribution in [-0.4, -0.2) is 4.90 Å². The molecule has 168 valence electrons. The summed E-state index contributed by atoms with van der Waals surface area (Å²) in [5.74, 6) is 0.631. The highest BCUT2D eigenvalue weighted by Gasteiger charge is 2.18. The molecule has 0 atom stereocenters. The van der Waals surface area contributed by atoms with E-state index in [1.54, 1.807) is 42.5 Å². The molecule has 1 aromatic rings. The first-order chi connectivity index (χ1) is 16.1. The highest BCUT2D eigenvalue weighted by atomic mass is 16.3. The van der Waals surface area contributed by atoms with E-state index in [0.29, 0.717) is 11.2 Å². The Bertz CT molecular complexity index is 1190. The lowest BCUT2D eigenvalue weighted by Gasteiger charge is -2.28. The summed E-state index contributed by atoms with van der Waals surface area (Å²) < 4.78 is 6.13. The number of allylic oxidation sites excluding steroid dienone is 12. The molecule has 0 saturated carbocycles. The van der Waals surface area contributed by atoms with Crippen molar-refractivity contribution in [2.24, 2.45) is 0 Å². The third kappa shape index (κ3) is 6.84. The quantitative estimate of drug-likeness (QED) is 0.306. The minimum atomic E-state index is 0.631. The van der Waals surface area contributed by atoms with E-state index in [9.17, 15) is 0 Å². The van der Waals surface area contributed by atoms with Gasteiger partial charge in [0, 0.05) is 17.0 Å². The van der Waals surface area contributed by atoms with Crippen LogP contribution in [0.3, 0.4) is 0 Å². The summed E-state index contributed by atoms with van der Waals surface area (Å²) in [7, 11) is 0. The Balaban J connectivity index is 4.46. The molecule has 0 amide bonds. The number of hydrogen-bond acceptors (Lipinski definition) is 2. The van der Waals surface area contributed by atoms with Crippen molar-refractivity contribution in [3.63, 3.8) is 0 Å². The van der Waals surface area contributed by atoms with E-state index >= 15 is 0 Å². The molecule has 0 aliphatic rings. The maximum absolute atomic E-state index is 6.13. The zero-order valence-corrected chi connectivity index (χ0v) is 19.5. The van der Waals surface area contributed by atoms with Crippen LogP contribution < -0.4 is 10.6 Å². The number of rotatable bonds is 13. The molecule has 0 unspecified atom stereocenters. The normalized spacial score (nSPS) is 13.9. The van der Waals surface area contributed by atoms with Gasteiger partial charge in [-0.15, -0.1) is 0 Å². The highest BCUT2D eigenvalue weighted by molar-refractivity contribution is 5.71. The second-order valence-corrected chi connectivity index (χ2v) is 6.49. The van der Waals surface area contributed by atoms with E-state index in [0.717, 1.165) is 27.9 Å². The molecule has 1 heterocycles. The van der Waals surface area contributed by atoms with E-state index in [-0.39, 0.29) is 0 Å². The largest absolute Gasteiger partial charge is 0.456 e. The van der Waals surface area contributed by atoms with Crippen LogP contribution in [-0.2, 0) is 0 Å². The third-order valence-corrected chi connectivity index (χ3v) is 4.38. The minimum Gasteiger partial charge on any atom is -0.456 e. The fourth-order valence-corrected chi connectivity index (χ4v) is 3.17. The predicted octanol–water partition coefficient (Wildman–Crippen LogP) is 7.14. The third-order valence-electron chi connectivity index (χ3n) is 4.38. The molecular formula is C31H33NO. The Morgan fingerprint density at radius 1 is 0.788 bits per heavy atom. The van der Waals surface area contributed by atoms with Gasteiger partial charge in [-0.3, -0.25) is 0 Å². The van der Waals surface area contributed by atoms with Crippen molar-refractivity contribution in [2.45, 2.75) is 6.92 Å². The second kappa shape index (κ2) is 14.7. The Labute approximate surface area is 198 Å². The van der Waals surface area contributed by atoms with Gasteiger partial charge in [0.05, 0.1) is 10.9 Å². The fraction of sp³-hybridized carbons (Fsp3) is 0.0323. The van der Waals surface area contributed by atoms with Gasteiger partial charge >= 0.3 is 0 Å². The van der Waals surface area contributed by atoms with Gasteiger partial charge in [-0.25, -0.2) is 0 Å². The summed E-state index contributed by atoms with van der Waals surface area (Å²) in [4.78, 5) is 2.06. The molecule has 0 N–H and O–H groups in total. The topological polar surface area (TPSA) is 16.4 Å². The number of nitrogens with zero attached hydrogens (tertiary/aromatic N) is 1. The van der Waals surface area contributed by atoms with Crippen molar-refractivity contribution >= 4 is 23.9 Å². The summed E-state index contributed by atoms with van der Waals surface area (Å²) in [6.45, 7) is 29.2. The molecule has 0 bridgehead atoms. The van der Waals surface area contributed by atoms with Crippen LogP contribution >= 0.6 is 0 Å². The summed E-state index contributed by atoms with van der Waals surface area (Å²) >= 11 is 0. The van der Waals surface area contributed by atoms with Gasteiger partial charge in [0.1, 0.15) is 11.2 Å². The Morgan fingerprint density at radius 2 is 1.42 bits per heavy atom. The molecule has 1 rings (SSSR count). The monoisotopic (exact) mass is 435 g/mol. The molecule has 0 aliphatic carbocycles. The van der Waals surface area contributed by atoms with Crippen LogP contribution in [0.2, 0.25) is 0 Å². The lowest BCUT2D eigenvalue weighted by Crippen LogP contribution is -2.32. The first-order valence-corrected chi connectivity index (χ1v) is 10.5. The van der Waals surface area contributed by atoms with E-state index in [2.05, 4.69) is 51.0 Å². The molecule has 0 saturated heterocycles. The van der Waals surface area contributed by atoms with Gasteiger partial charge in [0.25, 0.3) is 0 Å². The SMILES string of the molecule is C=C/C=C\C(=C/C=C)N(C(/C=C\C)=C/C=C)/C(C=C)=c1\c(/C=C\C=C)c(C=C)o\c1=C\C=C. The predicted molar refractivity (Wildman–Crippen MR) is 148 cm³/mol. The van der Waals surface area contributed by atoms with Gasteiger partial charge in [0.2, 0.25) is 0 Å². The standard InChI is InChI=1S/C31H33NO/c1-9-17-23-26(21-13-5)32(25(19-11-3)20-12-4)28(15-7)31-27(24-18-10-2)29(16-8)33-30(31)22-14-6/h9-24H,1-3,5-8H2,4H3/b20-12-,23-17-,24-18-,25-19+,26-21+,30-22+,31-28+. The maximum Gasteiger partial charge on any atom is 0.137 e. The summed E-state index contributed by atoms with van der Waals surface area (Å²) in [6, 6.07) is 0. The Kier molecular flexibility index (Phi) is 11.9. The molecular weight excluding hydrogens is 402 g/mol. The molecule has 0 aliphatic heterocycles. The van der Waals surface area contributed by atoms with Crippen LogP contribution in [0.1, 0.15) is 18.2 Å². The van der Waals surface area contributed by atoms with Crippen molar-refractivity contribution in [3.8, 4) is 0 Å². The maximum atomic E-state index is 6.13. The van der Waals surface area contributed by atoms with Crippen LogP contribution in [0.4, 0.5) is 0 Å². The molecule has 0 aromatic carbocycles. The zero-order valence-electron chi connectivity index (χ0n) is 19.5. The average Bonchev–Trinajstić information content (AvgIpc) is 3.16. The van der Waals surface area contributed by atoms with Crippen molar-refractivity contribution in [2.75, 3.05) is 0 Å². The summed E-state index contributed by atoms with van der Waals surface area (Å²) in [6.07, 6.45) is 29.3. The van der Waals surface area contributed by atoms with Crippen molar-refractivity contribution in [1.29, 1.82) is 0 Å². The van der Waals surface area contributed by atoms with Crippen molar-refractivity contribution < 1.29 is 4.42 Å². The van der Waals surface area contributed by atoms with Gasteiger partial charge in [-0.2, -0.15) is 0 Å². The second-order valence-electron chi connectivity index (χ2n) is 6.49. The van der Waals surface area contributed by atoms with Crippen LogP contribution in [0.15, 0.2) is 141 Å². The molecule has 0 spiro atoms. The molecule has 2 heteroatoms. The molecule has 33 heavy (non-hydrogen) atoms. The first-order valence-electron chi connectivity index (χ1n) is 10.5. The summed E-state index contributed by atoms with van der Waals surface area (Å²) in [5.41, 5.74) is 3.98. The van der Waals surface area contributed by atoms with Crippen molar-refractivity contribution in [3.05, 3.63) is 158 Å². The lowest BCUT2D eigenvalue weighted by molar-refractivity contribution is 0.520. The van der Waals surface area contributed by atoms with E-state index in [1.807, 2.05) is 61.6 Å². The Morgan fingerprint density at radius 3 is 1.91 bits per heavy atom. The number of furan rings is 1. The Hall–Kier alpha value is -4.30. The van der Waals surface area contributed by atoms with Crippen LogP contribution in [0, 0.1) is 0 Å². The van der Waals surface area contributed by atoms with Crippen LogP contribution in [0.5, 0.6) is 0 Å². The first kappa shape index (κ1) is 26.7. The van der Waals surface area contributed by atoms with E-state index in [1.165, 1.54) is 0 Å². The molecule has 0 radical (unpaired) electrons. The van der Waals surface area contributed by atoms with Crippen molar-refractivity contribution in [1.82, 2.24) is 4.90 Å². The fourth-order valence-electron chi connectivity index (χ4n) is 3.17. The summed E-state index contributed by atoms with van der Waals surface area (Å²) in [5, 5.41) is 0.833. The smallest absolute Gasteiger partial charge is 0.137 e. The van der Waals surface area contributed by atoms with Gasteiger partial charge in [-0.05, 0) is 49.5 Å². The highest BCUT2D eigenvalue weighted by Crippen LogP contribution is 2.25. The molecule has 1 aromatic heterocycles. The van der Waals surface area contributed by atoms with Gasteiger partial charge in [-0.1, -0.05) is 101 Å². The van der Waals surface area contributed by atoms with Gasteiger partial charge in [0.15, 0.2) is 0 Å². The average molecular weight is 436 g/mol. The van der Waals surface area contributed by atoms with Crippen LogP contribution in [0.25, 0.3) is 23.9 Å². The lowest BCUT2D eigenvalue weighted by atomic mass is 10.1. The minimum absolute atomic E-state index is 0.631. The molecule has 2 nitrogen and oxygen atoms in total. The molecule has 0 fully saturated rings. The zero-order chi connectivity index (χ0) is 24.6. The van der Waals surface area contributed by atoms with E-state index < -0.39 is 0 Å². The van der Waals surface area contributed by atoms with Gasteiger partial charge < -0.3 is 9.32 Å².